The van der Waals surface area contributed by atoms with E-state index in [1.54, 1.807) is 45.3 Å². The number of furan rings is 1. The Labute approximate surface area is 684 Å². The van der Waals surface area contributed by atoms with Crippen molar-refractivity contribution in [2.45, 2.75) is 250 Å². The molecule has 9 nitrogen and oxygen atoms in total. The van der Waals surface area contributed by atoms with Crippen LogP contribution < -0.4 is 0 Å². The number of nitrogens with zero attached hydrogens (tertiary/aromatic N) is 4. The second-order valence-corrected chi connectivity index (χ2v) is 39.2. The fourth-order valence-corrected chi connectivity index (χ4v) is 24.8. The third kappa shape index (κ3) is 16.8. The van der Waals surface area contributed by atoms with Gasteiger partial charge in [0.25, 0.3) is 23.6 Å². The summed E-state index contributed by atoms with van der Waals surface area (Å²) < 4.78 is 8.93. The van der Waals surface area contributed by atoms with Crippen molar-refractivity contribution in [1.82, 2.24) is 19.6 Å². The Bertz CT molecular complexity index is 4450. The number of hydrogen-bond acceptors (Lipinski definition) is 12. The molecular weight excluding hydrogens is 1490 g/mol. The fourth-order valence-electron chi connectivity index (χ4n) is 17.4. The van der Waals surface area contributed by atoms with Crippen molar-refractivity contribution in [2.75, 3.05) is 26.2 Å². The van der Waals surface area contributed by atoms with Crippen molar-refractivity contribution in [3.05, 3.63) is 147 Å². The molecule has 4 amide bonds. The summed E-state index contributed by atoms with van der Waals surface area (Å²) in [6, 6.07) is 31.3. The highest BCUT2D eigenvalue weighted by Crippen LogP contribution is 2.57. The van der Waals surface area contributed by atoms with Gasteiger partial charge in [-0.25, -0.2) is 0 Å². The highest BCUT2D eigenvalue weighted by atomic mass is 32.1. The first-order chi connectivity index (χ1) is 53.7. The molecule has 12 heterocycles. The molecule has 8 aromatic heterocycles. The second-order valence-electron chi connectivity index (χ2n) is 31.7. The smallest absolute Gasteiger partial charge is 0.261 e. The molecule has 0 N–H and O–H groups in total. The number of fused-ring (bicyclic) bond motifs is 4. The summed E-state index contributed by atoms with van der Waals surface area (Å²) in [5, 5.41) is 6.36. The normalized spacial score (nSPS) is 16.5. The highest BCUT2D eigenvalue weighted by molar-refractivity contribution is 7.27. The van der Waals surface area contributed by atoms with E-state index < -0.39 is 0 Å². The summed E-state index contributed by atoms with van der Waals surface area (Å²) in [6.07, 6.45) is 28.3. The molecule has 0 radical (unpaired) electrons. The summed E-state index contributed by atoms with van der Waals surface area (Å²) in [5.74, 6) is 2.93. The lowest BCUT2D eigenvalue weighted by molar-refractivity contribution is -0.124. The van der Waals surface area contributed by atoms with Crippen LogP contribution >= 0.6 is 79.4 Å². The van der Waals surface area contributed by atoms with Crippen LogP contribution in [0, 0.1) is 35.5 Å². The van der Waals surface area contributed by atoms with Gasteiger partial charge in [-0.3, -0.25) is 19.2 Å². The lowest BCUT2D eigenvalue weighted by atomic mass is 9.95. The average Bonchev–Trinajstić information content (AvgIpc) is 1.44. The minimum absolute atomic E-state index is 0.0470. The number of unbranched alkanes of at least 4 members (excludes halogenated alkanes) is 6. The van der Waals surface area contributed by atoms with E-state index in [9.17, 15) is 0 Å². The molecule has 0 saturated heterocycles. The number of benzene rings is 1. The first-order valence-electron chi connectivity index (χ1n) is 42.4. The monoisotopic (exact) mass is 1610 g/mol. The topological polar surface area (TPSA) is 94.4 Å². The Kier molecular flexibility index (Phi) is 28.1. The molecule has 6 unspecified atom stereocenters. The van der Waals surface area contributed by atoms with E-state index in [1.165, 1.54) is 68.3 Å². The third-order valence-corrected chi connectivity index (χ3v) is 31.9. The van der Waals surface area contributed by atoms with Crippen LogP contribution in [0.1, 0.15) is 266 Å². The van der Waals surface area contributed by atoms with Crippen molar-refractivity contribution >= 4 is 147 Å². The SMILES string of the molecule is CCCCC(CC)Cc1ccc(-c2c3cc(-c4ccc(C5=C6C(=O)N(CC(CC)CCCC)C(c7cccs7)=C6C(=O)N5CC(CC)CCCC)s4)sc3c(-c3ccc(CC(CC)CCCC)s3)c3cc(-c4ccc(C5=C6C(=O)N(CC(CC)CCCC)C(c7cccs7)=C6C(=O)N5CC(CC)CCCC)s4)oc23)s1. The number of rotatable bonds is 44. The summed E-state index contributed by atoms with van der Waals surface area (Å²) >= 11 is 12.3. The predicted octanol–water partition coefficient (Wildman–Crippen LogP) is 28.7. The van der Waals surface area contributed by atoms with Crippen LogP contribution in [0.15, 0.2) is 122 Å². The summed E-state index contributed by atoms with van der Waals surface area (Å²) in [7, 11) is 0. The molecule has 9 aromatic rings. The quantitative estimate of drug-likeness (QED) is 0.0379. The van der Waals surface area contributed by atoms with Crippen LogP contribution in [0.2, 0.25) is 0 Å². The first-order valence-corrected chi connectivity index (χ1v) is 48.3. The van der Waals surface area contributed by atoms with Gasteiger partial charge in [-0.15, -0.1) is 79.4 Å². The minimum Gasteiger partial charge on any atom is -0.454 e. The van der Waals surface area contributed by atoms with Gasteiger partial charge in [0, 0.05) is 82.0 Å². The van der Waals surface area contributed by atoms with E-state index >= 15 is 19.2 Å². The molecule has 1 aromatic carbocycles. The van der Waals surface area contributed by atoms with Gasteiger partial charge in [0.15, 0.2) is 0 Å². The van der Waals surface area contributed by atoms with Crippen molar-refractivity contribution in [3.8, 4) is 41.3 Å². The van der Waals surface area contributed by atoms with Gasteiger partial charge in [0.1, 0.15) is 11.3 Å². The highest BCUT2D eigenvalue weighted by Gasteiger charge is 2.52. The molecule has 0 aliphatic carbocycles. The lowest BCUT2D eigenvalue weighted by Crippen LogP contribution is -2.34. The predicted molar refractivity (Wildman–Crippen MR) is 475 cm³/mol. The first kappa shape index (κ1) is 81.8. The lowest BCUT2D eigenvalue weighted by Gasteiger charge is -2.29. The largest absolute Gasteiger partial charge is 0.454 e. The maximum absolute atomic E-state index is 15.8. The molecule has 0 bridgehead atoms. The Hall–Kier alpha value is -6.24. The van der Waals surface area contributed by atoms with Gasteiger partial charge in [0.05, 0.1) is 69.5 Å². The molecule has 4 aliphatic rings. The van der Waals surface area contributed by atoms with Crippen LogP contribution in [0.25, 0.3) is 85.1 Å². The van der Waals surface area contributed by atoms with Crippen molar-refractivity contribution in [1.29, 1.82) is 0 Å². The van der Waals surface area contributed by atoms with E-state index in [2.05, 4.69) is 173 Å². The van der Waals surface area contributed by atoms with Crippen LogP contribution in [0.3, 0.4) is 0 Å². The van der Waals surface area contributed by atoms with Gasteiger partial charge >= 0.3 is 0 Å². The van der Waals surface area contributed by atoms with Gasteiger partial charge in [-0.05, 0) is 158 Å². The number of hydrogen-bond donors (Lipinski definition) is 0. The minimum atomic E-state index is -0.0615. The van der Waals surface area contributed by atoms with E-state index in [0.717, 1.165) is 213 Å². The maximum atomic E-state index is 15.8. The molecule has 4 aliphatic heterocycles. The second kappa shape index (κ2) is 37.8. The van der Waals surface area contributed by atoms with Gasteiger partial charge in [-0.1, -0.05) is 224 Å². The zero-order valence-corrected chi connectivity index (χ0v) is 73.3. The molecular formula is C94H118N4O5S7. The standard InChI is InChI=1S/C94H118N4O5S7/c1-13-25-33-59(19-7)51-65-41-43-72(106-65)79-68-54-78(71-46-48-77(109-71)88-84-82(92(100)98(88)58-64(24-12)38-30-18-6)86(75-40-32-50-105-75)96(94(84)102)56-62(22-10)36-28-16-4)110-90(68)80(73-44-42-66(107-73)52-60(20-8)34-26-14-2)67-53-69(103-89(67)79)70-45-47-76(108-70)87-83-81(91(99)97(87)57-63(23-11)37-29-17-5)85(74-39-31-49-104-74)95(93(83)101)55-61(21-9)35-27-15-3/h31-32,39-50,53-54,59-64H,13-30,33-38,51-52,55-58H2,1-12H3. The van der Waals surface area contributed by atoms with Gasteiger partial charge in [-0.2, -0.15) is 0 Å². The van der Waals surface area contributed by atoms with E-state index in [1.807, 2.05) is 59.7 Å². The fraction of sp³-hybridized carbons (Fsp3) is 0.511. The maximum Gasteiger partial charge on any atom is 0.261 e. The van der Waals surface area contributed by atoms with E-state index in [4.69, 9.17) is 4.42 Å². The van der Waals surface area contributed by atoms with E-state index in [0.29, 0.717) is 72.1 Å². The molecule has 6 atom stereocenters. The summed E-state index contributed by atoms with van der Waals surface area (Å²) in [6.45, 7) is 29.5. The van der Waals surface area contributed by atoms with Crippen molar-refractivity contribution in [2.24, 2.45) is 35.5 Å². The molecule has 586 valence electrons. The third-order valence-electron chi connectivity index (χ3n) is 24.3. The van der Waals surface area contributed by atoms with Gasteiger partial charge in [0.2, 0.25) is 0 Å². The average molecular weight is 1610 g/mol. The molecule has 16 heteroatoms. The molecule has 110 heavy (non-hydrogen) atoms. The Morgan fingerprint density at radius 3 is 1.05 bits per heavy atom. The van der Waals surface area contributed by atoms with Crippen LogP contribution in [0.4, 0.5) is 0 Å². The zero-order valence-electron chi connectivity index (χ0n) is 67.6. The molecule has 13 rings (SSSR count). The number of amides is 4. The summed E-state index contributed by atoms with van der Waals surface area (Å²) in [5.41, 5.74) is 8.48. The molecule has 0 saturated carbocycles. The number of carbonyl (C=O) groups excluding carboxylic acids is 4. The van der Waals surface area contributed by atoms with Crippen molar-refractivity contribution < 1.29 is 23.6 Å². The number of thiophene rings is 7. The van der Waals surface area contributed by atoms with Gasteiger partial charge < -0.3 is 24.0 Å². The number of carbonyl (C=O) groups is 4. The van der Waals surface area contributed by atoms with Crippen LogP contribution in [-0.2, 0) is 32.0 Å². The zero-order chi connectivity index (χ0) is 77.3. The molecule has 0 fully saturated rings. The van der Waals surface area contributed by atoms with Crippen molar-refractivity contribution in [3.63, 3.8) is 0 Å². The Morgan fingerprint density at radius 1 is 0.327 bits per heavy atom. The summed E-state index contributed by atoms with van der Waals surface area (Å²) in [4.78, 5) is 83.2. The van der Waals surface area contributed by atoms with E-state index in [-0.39, 0.29) is 35.5 Å². The Balaban J connectivity index is 1.00. The Morgan fingerprint density at radius 2 is 0.673 bits per heavy atom. The molecule has 0 spiro atoms. The van der Waals surface area contributed by atoms with Crippen LogP contribution in [-0.4, -0.2) is 69.4 Å². The van der Waals surface area contributed by atoms with Crippen LogP contribution in [0.5, 0.6) is 0 Å².